The molecule has 0 saturated carbocycles. The fourth-order valence-corrected chi connectivity index (χ4v) is 3.53. The molecule has 0 radical (unpaired) electrons. The Labute approximate surface area is 157 Å². The van der Waals surface area contributed by atoms with Crippen LogP contribution in [-0.4, -0.2) is 17.6 Å². The summed E-state index contributed by atoms with van der Waals surface area (Å²) >= 11 is 0. The number of imidazole rings is 1. The Bertz CT molecular complexity index is 962. The van der Waals surface area contributed by atoms with Crippen LogP contribution < -0.4 is 14.6 Å². The highest BCUT2D eigenvalue weighted by molar-refractivity contribution is 5.89. The Balaban J connectivity index is 1.56. The zero-order chi connectivity index (χ0) is 18.8. The second-order valence-electron chi connectivity index (χ2n) is 6.60. The van der Waals surface area contributed by atoms with Gasteiger partial charge in [0.15, 0.2) is 12.2 Å². The number of benzene rings is 2. The van der Waals surface area contributed by atoms with Crippen LogP contribution in [0.5, 0.6) is 5.75 Å². The summed E-state index contributed by atoms with van der Waals surface area (Å²) in [6.45, 7) is 1.17. The van der Waals surface area contributed by atoms with E-state index in [0.29, 0.717) is 5.69 Å². The molecule has 138 valence electrons. The van der Waals surface area contributed by atoms with Crippen LogP contribution in [0.1, 0.15) is 12.2 Å². The predicted octanol–water partition coefficient (Wildman–Crippen LogP) is 3.18. The number of hydrogen-bond donors (Lipinski definition) is 1. The molecule has 1 N–H and O–H groups in total. The van der Waals surface area contributed by atoms with Crippen molar-refractivity contribution >= 4 is 11.6 Å². The fourth-order valence-electron chi connectivity index (χ4n) is 3.53. The van der Waals surface area contributed by atoms with E-state index in [-0.39, 0.29) is 18.3 Å². The van der Waals surface area contributed by atoms with Crippen molar-refractivity contribution < 1.29 is 18.5 Å². The number of carbonyl (C=O) groups excluding carboxylic acids is 1. The summed E-state index contributed by atoms with van der Waals surface area (Å²) in [4.78, 5) is 12.4. The average Bonchev–Trinajstić information content (AvgIpc) is 3.28. The van der Waals surface area contributed by atoms with Crippen molar-refractivity contribution in [2.75, 3.05) is 12.4 Å². The molecule has 2 aromatic carbocycles. The molecular formula is C21H21FN3O2+. The highest BCUT2D eigenvalue weighted by atomic mass is 19.1. The SMILES string of the molecule is COc1ccc(-c2c[n+](CC(=O)Nc3ccc(F)cc3)c3n2CCC3)cc1. The van der Waals surface area contributed by atoms with Crippen molar-refractivity contribution in [1.82, 2.24) is 4.57 Å². The number of nitrogens with zero attached hydrogens (tertiary/aromatic N) is 2. The largest absolute Gasteiger partial charge is 0.497 e. The van der Waals surface area contributed by atoms with Crippen molar-refractivity contribution in [3.63, 3.8) is 0 Å². The fraction of sp³-hybridized carbons (Fsp3) is 0.238. The highest BCUT2D eigenvalue weighted by Gasteiger charge is 2.29. The van der Waals surface area contributed by atoms with Gasteiger partial charge in [0.1, 0.15) is 17.8 Å². The van der Waals surface area contributed by atoms with Crippen molar-refractivity contribution in [2.45, 2.75) is 25.9 Å². The van der Waals surface area contributed by atoms with Crippen molar-refractivity contribution in [3.05, 3.63) is 66.4 Å². The number of aromatic nitrogens is 2. The lowest BCUT2D eigenvalue weighted by Gasteiger charge is -2.04. The summed E-state index contributed by atoms with van der Waals surface area (Å²) in [6, 6.07) is 13.7. The van der Waals surface area contributed by atoms with Crippen LogP contribution in [-0.2, 0) is 24.3 Å². The molecule has 1 aliphatic rings. The smallest absolute Gasteiger partial charge is 0.266 e. The summed E-state index contributed by atoms with van der Waals surface area (Å²) in [6.07, 6.45) is 4.04. The Morgan fingerprint density at radius 2 is 1.93 bits per heavy atom. The molecule has 0 bridgehead atoms. The number of carbonyl (C=O) groups is 1. The number of anilines is 1. The van der Waals surface area contributed by atoms with Crippen LogP contribution in [0.25, 0.3) is 11.3 Å². The molecule has 0 saturated heterocycles. The third-order valence-corrected chi connectivity index (χ3v) is 4.82. The van der Waals surface area contributed by atoms with Crippen LogP contribution in [0, 0.1) is 5.82 Å². The van der Waals surface area contributed by atoms with E-state index in [4.69, 9.17) is 4.74 Å². The maximum Gasteiger partial charge on any atom is 0.266 e. The second kappa shape index (κ2) is 7.23. The number of ether oxygens (including phenoxy) is 1. The van der Waals surface area contributed by atoms with Crippen LogP contribution in [0.2, 0.25) is 0 Å². The molecule has 0 spiro atoms. The van der Waals surface area contributed by atoms with Gasteiger partial charge in [-0.1, -0.05) is 0 Å². The Morgan fingerprint density at radius 3 is 2.63 bits per heavy atom. The molecule has 0 aliphatic carbocycles. The quantitative estimate of drug-likeness (QED) is 0.705. The molecule has 0 fully saturated rings. The molecule has 1 aliphatic heterocycles. The van der Waals surface area contributed by atoms with E-state index < -0.39 is 0 Å². The molecule has 5 nitrogen and oxygen atoms in total. The number of methoxy groups -OCH3 is 1. The Kier molecular flexibility index (Phi) is 4.62. The summed E-state index contributed by atoms with van der Waals surface area (Å²) in [5.74, 6) is 1.51. The van der Waals surface area contributed by atoms with Gasteiger partial charge in [0.2, 0.25) is 0 Å². The Morgan fingerprint density at radius 1 is 1.19 bits per heavy atom. The highest BCUT2D eigenvalue weighted by Crippen LogP contribution is 2.26. The maximum absolute atomic E-state index is 13.0. The van der Waals surface area contributed by atoms with Crippen molar-refractivity contribution in [1.29, 1.82) is 0 Å². The number of nitrogens with one attached hydrogen (secondary N) is 1. The Hall–Kier alpha value is -3.15. The lowest BCUT2D eigenvalue weighted by Crippen LogP contribution is -2.42. The molecule has 1 amide bonds. The van der Waals surface area contributed by atoms with Crippen molar-refractivity contribution in [3.8, 4) is 17.0 Å². The number of fused-ring (bicyclic) bond motifs is 1. The standard InChI is InChI=1S/C21H20FN3O2/c1-27-18-10-4-15(5-11-18)19-13-24(21-3-2-12-25(19)21)14-20(26)23-17-8-6-16(22)7-9-17/h4-11,13H,2-3,12,14H2,1H3/p+1. The summed E-state index contributed by atoms with van der Waals surface area (Å²) in [5, 5.41) is 2.82. The van der Waals surface area contributed by atoms with E-state index in [2.05, 4.69) is 9.88 Å². The van der Waals surface area contributed by atoms with Gasteiger partial charge in [0, 0.05) is 11.3 Å². The molecule has 0 atom stereocenters. The first kappa shape index (κ1) is 17.3. The molecule has 0 unspecified atom stereocenters. The van der Waals surface area contributed by atoms with Crippen LogP contribution >= 0.6 is 0 Å². The molecule has 6 heteroatoms. The van der Waals surface area contributed by atoms with Gasteiger partial charge in [-0.2, -0.15) is 0 Å². The summed E-state index contributed by atoms with van der Waals surface area (Å²) < 4.78 is 22.5. The first-order chi connectivity index (χ1) is 13.1. The van der Waals surface area contributed by atoms with Gasteiger partial charge in [0.05, 0.1) is 20.1 Å². The minimum Gasteiger partial charge on any atom is -0.497 e. The zero-order valence-corrected chi connectivity index (χ0v) is 15.1. The van der Waals surface area contributed by atoms with E-state index in [1.165, 1.54) is 12.1 Å². The monoisotopic (exact) mass is 366 g/mol. The van der Waals surface area contributed by atoms with Gasteiger partial charge in [-0.3, -0.25) is 4.79 Å². The number of rotatable bonds is 5. The average molecular weight is 366 g/mol. The van der Waals surface area contributed by atoms with E-state index in [9.17, 15) is 9.18 Å². The molecular weight excluding hydrogens is 345 g/mol. The van der Waals surface area contributed by atoms with E-state index in [1.807, 2.05) is 35.0 Å². The molecule has 3 aromatic rings. The summed E-state index contributed by atoms with van der Waals surface area (Å²) in [5.41, 5.74) is 2.78. The topological polar surface area (TPSA) is 47.1 Å². The van der Waals surface area contributed by atoms with Gasteiger partial charge >= 0.3 is 0 Å². The zero-order valence-electron chi connectivity index (χ0n) is 15.1. The van der Waals surface area contributed by atoms with Gasteiger partial charge in [0.25, 0.3) is 11.7 Å². The molecule has 1 aromatic heterocycles. The molecule has 4 rings (SSSR count). The van der Waals surface area contributed by atoms with Gasteiger partial charge < -0.3 is 10.1 Å². The number of amides is 1. The van der Waals surface area contributed by atoms with Crippen LogP contribution in [0.3, 0.4) is 0 Å². The minimum atomic E-state index is -0.322. The molecule has 2 heterocycles. The summed E-state index contributed by atoms with van der Waals surface area (Å²) in [7, 11) is 1.65. The predicted molar refractivity (Wildman–Crippen MR) is 100.0 cm³/mol. The van der Waals surface area contributed by atoms with Gasteiger partial charge in [-0.05, 0) is 55.0 Å². The van der Waals surface area contributed by atoms with Gasteiger partial charge in [-0.25, -0.2) is 13.5 Å². The lowest BCUT2D eigenvalue weighted by molar-refractivity contribution is -0.690. The first-order valence-electron chi connectivity index (χ1n) is 8.96. The molecule has 27 heavy (non-hydrogen) atoms. The van der Waals surface area contributed by atoms with Crippen LogP contribution in [0.15, 0.2) is 54.7 Å². The first-order valence-corrected chi connectivity index (χ1v) is 8.96. The van der Waals surface area contributed by atoms with E-state index in [1.54, 1.807) is 19.2 Å². The third kappa shape index (κ3) is 3.56. The van der Waals surface area contributed by atoms with Crippen LogP contribution in [0.4, 0.5) is 10.1 Å². The second-order valence-corrected chi connectivity index (χ2v) is 6.60. The van der Waals surface area contributed by atoms with Crippen molar-refractivity contribution in [2.24, 2.45) is 0 Å². The normalized spacial score (nSPS) is 12.7. The minimum absolute atomic E-state index is 0.131. The number of halogens is 1. The third-order valence-electron chi connectivity index (χ3n) is 4.82. The number of hydrogen-bond acceptors (Lipinski definition) is 2. The van der Waals surface area contributed by atoms with E-state index in [0.717, 1.165) is 42.2 Å². The maximum atomic E-state index is 13.0. The van der Waals surface area contributed by atoms with E-state index >= 15 is 0 Å². The lowest BCUT2D eigenvalue weighted by atomic mass is 10.1. The van der Waals surface area contributed by atoms with Gasteiger partial charge in [-0.15, -0.1) is 0 Å².